The van der Waals surface area contributed by atoms with Crippen molar-refractivity contribution in [2.24, 2.45) is 11.8 Å². The van der Waals surface area contributed by atoms with Crippen LogP contribution in [0, 0.1) is 11.8 Å². The Bertz CT molecular complexity index is 438. The number of rotatable bonds is 8. The van der Waals surface area contributed by atoms with Gasteiger partial charge in [-0.15, -0.1) is 0 Å². The SMILES string of the molecule is CCCOC(=O)C(=C(C(=O)OCCC)C1CCCCC1)C1CCCCC1. The van der Waals surface area contributed by atoms with Crippen molar-refractivity contribution in [2.45, 2.75) is 90.9 Å². The average Bonchev–Trinajstić information content (AvgIpc) is 2.69. The van der Waals surface area contributed by atoms with E-state index in [9.17, 15) is 9.59 Å². The molecule has 0 N–H and O–H groups in total. The maximum atomic E-state index is 13.0. The van der Waals surface area contributed by atoms with Gasteiger partial charge < -0.3 is 9.47 Å². The first kappa shape index (κ1) is 21.0. The minimum absolute atomic E-state index is 0.152. The Balaban J connectivity index is 2.39. The monoisotopic (exact) mass is 364 g/mol. The zero-order valence-electron chi connectivity index (χ0n) is 16.7. The molecule has 2 aliphatic carbocycles. The van der Waals surface area contributed by atoms with Gasteiger partial charge in [0, 0.05) is 0 Å². The van der Waals surface area contributed by atoms with Crippen LogP contribution in [0.4, 0.5) is 0 Å². The van der Waals surface area contributed by atoms with Gasteiger partial charge in [-0.3, -0.25) is 0 Å². The standard InChI is InChI=1S/C22H36O4/c1-3-15-25-21(23)19(17-11-7-5-8-12-17)20(22(24)26-16-4-2)18-13-9-6-10-14-18/h17-18H,3-16H2,1-2H3. The number of hydrogen-bond acceptors (Lipinski definition) is 4. The van der Waals surface area contributed by atoms with Crippen LogP contribution in [0.15, 0.2) is 11.1 Å². The van der Waals surface area contributed by atoms with E-state index in [1.54, 1.807) is 0 Å². The minimum atomic E-state index is -0.271. The van der Waals surface area contributed by atoms with E-state index in [1.165, 1.54) is 12.8 Å². The summed E-state index contributed by atoms with van der Waals surface area (Å²) < 4.78 is 11.1. The van der Waals surface area contributed by atoms with Crippen molar-refractivity contribution in [1.29, 1.82) is 0 Å². The van der Waals surface area contributed by atoms with E-state index >= 15 is 0 Å². The molecule has 2 fully saturated rings. The van der Waals surface area contributed by atoms with Crippen molar-refractivity contribution in [3.05, 3.63) is 11.1 Å². The Hall–Kier alpha value is -1.32. The maximum absolute atomic E-state index is 13.0. The number of esters is 2. The fourth-order valence-electron chi connectivity index (χ4n) is 4.32. The molecule has 2 rings (SSSR count). The van der Waals surface area contributed by atoms with Crippen LogP contribution >= 0.6 is 0 Å². The Morgan fingerprint density at radius 2 is 1.00 bits per heavy atom. The fraction of sp³-hybridized carbons (Fsp3) is 0.818. The highest BCUT2D eigenvalue weighted by atomic mass is 16.5. The van der Waals surface area contributed by atoms with Gasteiger partial charge in [0.05, 0.1) is 24.4 Å². The van der Waals surface area contributed by atoms with E-state index in [0.29, 0.717) is 24.4 Å². The summed E-state index contributed by atoms with van der Waals surface area (Å²) in [6, 6.07) is 0. The van der Waals surface area contributed by atoms with E-state index in [2.05, 4.69) is 0 Å². The Morgan fingerprint density at radius 1 is 0.654 bits per heavy atom. The lowest BCUT2D eigenvalue weighted by Crippen LogP contribution is -2.28. The largest absolute Gasteiger partial charge is 0.462 e. The molecule has 4 nitrogen and oxygen atoms in total. The molecule has 2 saturated carbocycles. The number of ether oxygens (including phenoxy) is 2. The molecular weight excluding hydrogens is 328 g/mol. The molecule has 0 heterocycles. The van der Waals surface area contributed by atoms with E-state index in [-0.39, 0.29) is 23.8 Å². The van der Waals surface area contributed by atoms with Gasteiger partial charge in [0.15, 0.2) is 0 Å². The average molecular weight is 365 g/mol. The van der Waals surface area contributed by atoms with Gasteiger partial charge in [0.2, 0.25) is 0 Å². The topological polar surface area (TPSA) is 52.6 Å². The van der Waals surface area contributed by atoms with Crippen LogP contribution in [0.2, 0.25) is 0 Å². The molecule has 0 aromatic heterocycles. The summed E-state index contributed by atoms with van der Waals surface area (Å²) in [5.41, 5.74) is 1.32. The lowest BCUT2D eigenvalue weighted by Gasteiger charge is -2.30. The predicted molar refractivity (Wildman–Crippen MR) is 103 cm³/mol. The van der Waals surface area contributed by atoms with Gasteiger partial charge in [-0.05, 0) is 50.4 Å². The summed E-state index contributed by atoms with van der Waals surface area (Å²) >= 11 is 0. The second-order valence-electron chi connectivity index (χ2n) is 7.77. The van der Waals surface area contributed by atoms with Gasteiger partial charge in [0.1, 0.15) is 0 Å². The van der Waals surface area contributed by atoms with Gasteiger partial charge in [-0.25, -0.2) is 9.59 Å². The van der Waals surface area contributed by atoms with Crippen LogP contribution in [-0.4, -0.2) is 25.2 Å². The van der Waals surface area contributed by atoms with Crippen LogP contribution in [0.1, 0.15) is 90.9 Å². The van der Waals surface area contributed by atoms with E-state index < -0.39 is 0 Å². The quantitative estimate of drug-likeness (QED) is 0.430. The van der Waals surface area contributed by atoms with Crippen LogP contribution in [0.25, 0.3) is 0 Å². The minimum Gasteiger partial charge on any atom is -0.462 e. The maximum Gasteiger partial charge on any atom is 0.334 e. The first-order valence-electron chi connectivity index (χ1n) is 10.8. The fourth-order valence-corrected chi connectivity index (χ4v) is 4.32. The van der Waals surface area contributed by atoms with E-state index in [4.69, 9.17) is 9.47 Å². The van der Waals surface area contributed by atoms with Gasteiger partial charge >= 0.3 is 11.9 Å². The molecule has 0 atom stereocenters. The second-order valence-corrected chi connectivity index (χ2v) is 7.77. The summed E-state index contributed by atoms with van der Waals surface area (Å²) in [5, 5.41) is 0. The molecule has 2 aliphatic rings. The lowest BCUT2D eigenvalue weighted by atomic mass is 9.75. The van der Waals surface area contributed by atoms with Crippen LogP contribution in [0.5, 0.6) is 0 Å². The van der Waals surface area contributed by atoms with Gasteiger partial charge in [-0.2, -0.15) is 0 Å². The number of hydrogen-bond donors (Lipinski definition) is 0. The number of carbonyl (C=O) groups excluding carboxylic acids is 2. The van der Waals surface area contributed by atoms with Crippen molar-refractivity contribution in [2.75, 3.05) is 13.2 Å². The molecule has 26 heavy (non-hydrogen) atoms. The summed E-state index contributed by atoms with van der Waals surface area (Å²) in [4.78, 5) is 26.0. The second kappa shape index (κ2) is 11.4. The van der Waals surface area contributed by atoms with Crippen LogP contribution < -0.4 is 0 Å². The molecule has 0 unspecified atom stereocenters. The highest BCUT2D eigenvalue weighted by Crippen LogP contribution is 2.38. The number of carbonyl (C=O) groups is 2. The van der Waals surface area contributed by atoms with Crippen molar-refractivity contribution in [1.82, 2.24) is 0 Å². The smallest absolute Gasteiger partial charge is 0.334 e. The van der Waals surface area contributed by atoms with Gasteiger partial charge in [0.25, 0.3) is 0 Å². The van der Waals surface area contributed by atoms with Gasteiger partial charge in [-0.1, -0.05) is 52.4 Å². The molecule has 0 amide bonds. The zero-order valence-corrected chi connectivity index (χ0v) is 16.7. The molecule has 148 valence electrons. The third-order valence-electron chi connectivity index (χ3n) is 5.63. The molecule has 0 aromatic rings. The predicted octanol–water partition coefficient (Wildman–Crippen LogP) is 5.35. The third-order valence-corrected chi connectivity index (χ3v) is 5.63. The highest BCUT2D eigenvalue weighted by Gasteiger charge is 2.35. The van der Waals surface area contributed by atoms with Crippen molar-refractivity contribution in [3.8, 4) is 0 Å². The van der Waals surface area contributed by atoms with E-state index in [0.717, 1.165) is 64.2 Å². The first-order chi connectivity index (χ1) is 12.7. The van der Waals surface area contributed by atoms with Crippen LogP contribution in [-0.2, 0) is 19.1 Å². The van der Waals surface area contributed by atoms with E-state index in [1.807, 2.05) is 13.8 Å². The molecule has 0 radical (unpaired) electrons. The molecule has 0 aromatic carbocycles. The summed E-state index contributed by atoms with van der Waals surface area (Å²) in [6.07, 6.45) is 12.4. The Morgan fingerprint density at radius 3 is 1.31 bits per heavy atom. The molecule has 0 bridgehead atoms. The Kier molecular flexibility index (Phi) is 9.21. The van der Waals surface area contributed by atoms with Crippen molar-refractivity contribution < 1.29 is 19.1 Å². The summed E-state index contributed by atoms with van der Waals surface area (Å²) in [6.45, 7) is 4.82. The summed E-state index contributed by atoms with van der Waals surface area (Å²) in [7, 11) is 0. The molecular formula is C22H36O4. The van der Waals surface area contributed by atoms with Crippen molar-refractivity contribution in [3.63, 3.8) is 0 Å². The summed E-state index contributed by atoms with van der Waals surface area (Å²) in [5.74, 6) is -0.237. The third kappa shape index (κ3) is 5.85. The normalized spacial score (nSPS) is 20.4. The first-order valence-corrected chi connectivity index (χ1v) is 10.8. The molecule has 0 saturated heterocycles. The van der Waals surface area contributed by atoms with Crippen LogP contribution in [0.3, 0.4) is 0 Å². The molecule has 0 aliphatic heterocycles. The molecule has 0 spiro atoms. The Labute approximate surface area is 158 Å². The highest BCUT2D eigenvalue weighted by molar-refractivity contribution is 6.01. The van der Waals surface area contributed by atoms with Crippen molar-refractivity contribution >= 4 is 11.9 Å². The molecule has 4 heteroatoms. The lowest BCUT2D eigenvalue weighted by molar-refractivity contribution is -0.143. The zero-order chi connectivity index (χ0) is 18.8.